The van der Waals surface area contributed by atoms with Crippen LogP contribution in [0.5, 0.6) is 0 Å². The van der Waals surface area contributed by atoms with E-state index in [0.717, 1.165) is 0 Å². The van der Waals surface area contributed by atoms with Gasteiger partial charge in [-0.2, -0.15) is 0 Å². The van der Waals surface area contributed by atoms with Crippen molar-refractivity contribution in [1.29, 1.82) is 0 Å². The average molecular weight is 217 g/mol. The molecule has 1 amide bonds. The fourth-order valence-corrected chi connectivity index (χ4v) is 1.40. The smallest absolute Gasteiger partial charge is 0.407 e. The second-order valence-corrected chi connectivity index (χ2v) is 4.73. The Balaban J connectivity index is 2.37. The van der Waals surface area contributed by atoms with Gasteiger partial charge in [-0.15, -0.1) is 0 Å². The minimum Gasteiger partial charge on any atom is -0.444 e. The van der Waals surface area contributed by atoms with Crippen molar-refractivity contribution in [1.82, 2.24) is 5.32 Å². The highest BCUT2D eigenvalue weighted by Gasteiger charge is 2.30. The monoisotopic (exact) mass is 217 g/mol. The minimum atomic E-state index is -0.502. The van der Waals surface area contributed by atoms with Crippen molar-refractivity contribution in [2.75, 3.05) is 19.8 Å². The zero-order valence-electron chi connectivity index (χ0n) is 9.45. The molecule has 0 spiro atoms. The lowest BCUT2D eigenvalue weighted by atomic mass is 10.1. The quantitative estimate of drug-likeness (QED) is 0.707. The zero-order chi connectivity index (χ0) is 11.5. The maximum atomic E-state index is 11.4. The van der Waals surface area contributed by atoms with Crippen LogP contribution in [0.2, 0.25) is 0 Å². The number of aliphatic hydroxyl groups excluding tert-OH is 1. The molecule has 0 bridgehead atoms. The number of amides is 1. The average Bonchev–Trinajstić information content (AvgIpc) is 2.48. The maximum Gasteiger partial charge on any atom is 0.407 e. The van der Waals surface area contributed by atoms with Crippen LogP contribution < -0.4 is 5.32 Å². The second-order valence-electron chi connectivity index (χ2n) is 4.73. The third-order valence-electron chi connectivity index (χ3n) is 2.14. The third kappa shape index (κ3) is 4.05. The number of nitrogens with one attached hydrogen (secondary N) is 1. The molecule has 0 radical (unpaired) electrons. The minimum absolute atomic E-state index is 0.0143. The highest BCUT2D eigenvalue weighted by Crippen LogP contribution is 2.14. The molecule has 5 heteroatoms. The second kappa shape index (κ2) is 4.81. The van der Waals surface area contributed by atoms with Gasteiger partial charge in [0.15, 0.2) is 0 Å². The van der Waals surface area contributed by atoms with E-state index in [0.29, 0.717) is 13.2 Å². The molecule has 2 N–H and O–H groups in total. The van der Waals surface area contributed by atoms with Gasteiger partial charge in [-0.25, -0.2) is 4.79 Å². The highest BCUT2D eigenvalue weighted by molar-refractivity contribution is 5.68. The third-order valence-corrected chi connectivity index (χ3v) is 2.14. The summed E-state index contributed by atoms with van der Waals surface area (Å²) < 4.78 is 10.3. The Morgan fingerprint density at radius 3 is 2.73 bits per heavy atom. The molecule has 0 aliphatic carbocycles. The topological polar surface area (TPSA) is 67.8 Å². The van der Waals surface area contributed by atoms with Gasteiger partial charge < -0.3 is 19.9 Å². The predicted molar refractivity (Wildman–Crippen MR) is 54.6 cm³/mol. The number of rotatable bonds is 2. The van der Waals surface area contributed by atoms with Crippen LogP contribution in [0, 0.1) is 5.92 Å². The molecule has 2 atom stereocenters. The Labute approximate surface area is 89.8 Å². The van der Waals surface area contributed by atoms with E-state index in [9.17, 15) is 4.79 Å². The van der Waals surface area contributed by atoms with Crippen LogP contribution in [0.15, 0.2) is 0 Å². The first-order chi connectivity index (χ1) is 6.92. The number of carbonyl (C=O) groups excluding carboxylic acids is 1. The van der Waals surface area contributed by atoms with Crippen LogP contribution in [0.1, 0.15) is 20.8 Å². The van der Waals surface area contributed by atoms with E-state index in [2.05, 4.69) is 5.32 Å². The molecule has 0 saturated carbocycles. The number of aliphatic hydroxyl groups is 1. The summed E-state index contributed by atoms with van der Waals surface area (Å²) in [6.45, 7) is 6.35. The molecule has 2 unspecified atom stereocenters. The summed E-state index contributed by atoms with van der Waals surface area (Å²) in [5, 5.41) is 11.7. The van der Waals surface area contributed by atoms with Crippen LogP contribution in [0.4, 0.5) is 4.79 Å². The standard InChI is InChI=1S/C10H19NO4/c1-10(2,3)15-9(13)11-8-6-14-5-7(8)4-12/h7-8,12H,4-6H2,1-3H3,(H,11,13). The first-order valence-electron chi connectivity index (χ1n) is 5.10. The Kier molecular flexibility index (Phi) is 3.93. The summed E-state index contributed by atoms with van der Waals surface area (Å²) in [5.41, 5.74) is -0.502. The van der Waals surface area contributed by atoms with Crippen molar-refractivity contribution in [2.24, 2.45) is 5.92 Å². The van der Waals surface area contributed by atoms with Crippen LogP contribution >= 0.6 is 0 Å². The Morgan fingerprint density at radius 2 is 2.20 bits per heavy atom. The van der Waals surface area contributed by atoms with E-state index in [1.807, 2.05) is 0 Å². The number of alkyl carbamates (subject to hydrolysis) is 1. The summed E-state index contributed by atoms with van der Waals surface area (Å²) in [6.07, 6.45) is -0.462. The van der Waals surface area contributed by atoms with Crippen LogP contribution in [0.25, 0.3) is 0 Å². The molecule has 5 nitrogen and oxygen atoms in total. The molecule has 0 aromatic heterocycles. The van der Waals surface area contributed by atoms with E-state index in [4.69, 9.17) is 14.6 Å². The first kappa shape index (κ1) is 12.3. The molecule has 1 rings (SSSR count). The van der Waals surface area contributed by atoms with Crippen LogP contribution in [-0.2, 0) is 9.47 Å². The van der Waals surface area contributed by atoms with Gasteiger partial charge in [0, 0.05) is 5.92 Å². The molecule has 15 heavy (non-hydrogen) atoms. The van der Waals surface area contributed by atoms with E-state index < -0.39 is 11.7 Å². The molecule has 1 fully saturated rings. The largest absolute Gasteiger partial charge is 0.444 e. The summed E-state index contributed by atoms with van der Waals surface area (Å²) in [7, 11) is 0. The normalized spacial score (nSPS) is 26.4. The van der Waals surface area contributed by atoms with Gasteiger partial charge in [0.2, 0.25) is 0 Å². The number of hydrogen-bond acceptors (Lipinski definition) is 4. The zero-order valence-corrected chi connectivity index (χ0v) is 9.45. The molecule has 0 aromatic rings. The Hall–Kier alpha value is -0.810. The predicted octanol–water partition coefficient (Wildman–Crippen LogP) is 0.518. The maximum absolute atomic E-state index is 11.4. The van der Waals surface area contributed by atoms with Gasteiger partial charge in [0.1, 0.15) is 5.60 Å². The molecule has 1 aliphatic heterocycles. The molecule has 0 aromatic carbocycles. The van der Waals surface area contributed by atoms with Crippen molar-refractivity contribution >= 4 is 6.09 Å². The van der Waals surface area contributed by atoms with E-state index >= 15 is 0 Å². The van der Waals surface area contributed by atoms with Crippen molar-refractivity contribution in [3.63, 3.8) is 0 Å². The molecule has 1 aliphatic rings. The molecule has 1 saturated heterocycles. The molecular weight excluding hydrogens is 198 g/mol. The summed E-state index contributed by atoms with van der Waals surface area (Å²) in [6, 6.07) is -0.148. The summed E-state index contributed by atoms with van der Waals surface area (Å²) in [4.78, 5) is 11.4. The van der Waals surface area contributed by atoms with Gasteiger partial charge in [-0.05, 0) is 20.8 Å². The van der Waals surface area contributed by atoms with Crippen molar-refractivity contribution in [3.05, 3.63) is 0 Å². The van der Waals surface area contributed by atoms with Crippen molar-refractivity contribution in [3.8, 4) is 0 Å². The summed E-state index contributed by atoms with van der Waals surface area (Å²) >= 11 is 0. The Morgan fingerprint density at radius 1 is 1.53 bits per heavy atom. The number of carbonyl (C=O) groups is 1. The fourth-order valence-electron chi connectivity index (χ4n) is 1.40. The van der Waals surface area contributed by atoms with E-state index in [1.54, 1.807) is 20.8 Å². The van der Waals surface area contributed by atoms with Gasteiger partial charge >= 0.3 is 6.09 Å². The summed E-state index contributed by atoms with van der Waals surface area (Å²) in [5.74, 6) is -0.0301. The highest BCUT2D eigenvalue weighted by atomic mass is 16.6. The van der Waals surface area contributed by atoms with Crippen LogP contribution in [0.3, 0.4) is 0 Å². The number of ether oxygens (including phenoxy) is 2. The van der Waals surface area contributed by atoms with Gasteiger partial charge in [-0.1, -0.05) is 0 Å². The van der Waals surface area contributed by atoms with E-state index in [1.165, 1.54) is 0 Å². The fraction of sp³-hybridized carbons (Fsp3) is 0.900. The van der Waals surface area contributed by atoms with Gasteiger partial charge in [0.25, 0.3) is 0 Å². The molecule has 1 heterocycles. The number of hydrogen-bond donors (Lipinski definition) is 2. The van der Waals surface area contributed by atoms with E-state index in [-0.39, 0.29) is 18.6 Å². The SMILES string of the molecule is CC(C)(C)OC(=O)NC1COCC1CO. The lowest BCUT2D eigenvalue weighted by Gasteiger charge is -2.23. The van der Waals surface area contributed by atoms with Crippen LogP contribution in [-0.4, -0.2) is 42.7 Å². The van der Waals surface area contributed by atoms with Crippen molar-refractivity contribution < 1.29 is 19.4 Å². The lowest BCUT2D eigenvalue weighted by Crippen LogP contribution is -2.43. The van der Waals surface area contributed by atoms with Crippen molar-refractivity contribution in [2.45, 2.75) is 32.4 Å². The lowest BCUT2D eigenvalue weighted by molar-refractivity contribution is 0.0485. The van der Waals surface area contributed by atoms with Gasteiger partial charge in [0.05, 0.1) is 25.9 Å². The first-order valence-corrected chi connectivity index (χ1v) is 5.10. The van der Waals surface area contributed by atoms with Gasteiger partial charge in [-0.3, -0.25) is 0 Å². The molecular formula is C10H19NO4. The molecule has 88 valence electrons. The Bertz CT molecular complexity index is 224.